The number of ether oxygens (including phenoxy) is 3. The van der Waals surface area contributed by atoms with E-state index in [1.807, 2.05) is 13.8 Å². The average molecular weight is 324 g/mol. The number of esters is 2. The highest BCUT2D eigenvalue weighted by molar-refractivity contribution is 5.95. The molecule has 0 atom stereocenters. The minimum absolute atomic E-state index is 0.00470. The highest BCUT2D eigenvalue weighted by Crippen LogP contribution is 2.27. The number of benzene rings is 1. The van der Waals surface area contributed by atoms with Crippen LogP contribution in [0.25, 0.3) is 0 Å². The third kappa shape index (κ3) is 5.81. The van der Waals surface area contributed by atoms with Gasteiger partial charge in [-0.3, -0.25) is 9.59 Å². The van der Waals surface area contributed by atoms with E-state index in [2.05, 4.69) is 0 Å². The fourth-order valence-corrected chi connectivity index (χ4v) is 1.95. The molecular formula is C17H24O6. The van der Waals surface area contributed by atoms with Crippen molar-refractivity contribution in [2.45, 2.75) is 33.1 Å². The number of rotatable bonds is 9. The first kappa shape index (κ1) is 18.8. The molecule has 1 aromatic rings. The summed E-state index contributed by atoms with van der Waals surface area (Å²) in [5.41, 5.74) is 0.673. The quantitative estimate of drug-likeness (QED) is 0.555. The van der Waals surface area contributed by atoms with E-state index in [0.717, 1.165) is 0 Å². The Labute approximate surface area is 136 Å². The topological polar surface area (TPSA) is 82.1 Å². The fourth-order valence-electron chi connectivity index (χ4n) is 1.95. The molecule has 128 valence electrons. The normalized spacial score (nSPS) is 10.4. The molecule has 0 heterocycles. The van der Waals surface area contributed by atoms with Gasteiger partial charge < -0.3 is 19.3 Å². The summed E-state index contributed by atoms with van der Waals surface area (Å²) >= 11 is 0. The number of phenolic OH excluding ortho intramolecular Hbond substituents is 1. The maximum Gasteiger partial charge on any atom is 0.320 e. The van der Waals surface area contributed by atoms with Gasteiger partial charge in [0.25, 0.3) is 0 Å². The van der Waals surface area contributed by atoms with Gasteiger partial charge in [0.2, 0.25) is 0 Å². The maximum atomic E-state index is 12.1. The van der Waals surface area contributed by atoms with Crippen molar-refractivity contribution >= 4 is 11.9 Å². The van der Waals surface area contributed by atoms with Crippen LogP contribution >= 0.6 is 0 Å². The van der Waals surface area contributed by atoms with Crippen molar-refractivity contribution in [1.29, 1.82) is 0 Å². The van der Waals surface area contributed by atoms with Crippen molar-refractivity contribution < 1.29 is 28.9 Å². The second kappa shape index (κ2) is 9.71. The molecular weight excluding hydrogens is 300 g/mol. The van der Waals surface area contributed by atoms with Gasteiger partial charge in [-0.15, -0.1) is 0 Å². The molecule has 0 saturated carbocycles. The maximum absolute atomic E-state index is 12.1. The summed E-state index contributed by atoms with van der Waals surface area (Å²) in [6.07, 6.45) is 1.48. The summed E-state index contributed by atoms with van der Waals surface area (Å²) in [6.45, 7) is 4.27. The Bertz CT molecular complexity index is 506. The zero-order valence-electron chi connectivity index (χ0n) is 13.8. The number of hydrogen-bond donors (Lipinski definition) is 1. The molecule has 0 unspecified atom stereocenters. The van der Waals surface area contributed by atoms with E-state index in [-0.39, 0.29) is 31.1 Å². The molecule has 0 fully saturated rings. The summed E-state index contributed by atoms with van der Waals surface area (Å²) < 4.78 is 15.2. The lowest BCUT2D eigenvalue weighted by Crippen LogP contribution is -2.30. The molecule has 0 aliphatic rings. The zero-order valence-corrected chi connectivity index (χ0v) is 13.8. The van der Waals surface area contributed by atoms with E-state index >= 15 is 0 Å². The molecule has 0 spiro atoms. The summed E-state index contributed by atoms with van der Waals surface area (Å²) in [6, 6.07) is 4.67. The van der Waals surface area contributed by atoms with Crippen LogP contribution in [-0.2, 0) is 25.5 Å². The van der Waals surface area contributed by atoms with E-state index in [4.69, 9.17) is 14.2 Å². The molecule has 0 radical (unpaired) electrons. The molecule has 23 heavy (non-hydrogen) atoms. The van der Waals surface area contributed by atoms with Crippen LogP contribution < -0.4 is 4.74 Å². The number of aromatic hydroxyl groups is 1. The van der Waals surface area contributed by atoms with Crippen molar-refractivity contribution in [1.82, 2.24) is 0 Å². The van der Waals surface area contributed by atoms with Crippen molar-refractivity contribution in [2.24, 2.45) is 5.92 Å². The van der Waals surface area contributed by atoms with Crippen molar-refractivity contribution in [3.63, 3.8) is 0 Å². The Morgan fingerprint density at radius 2 is 1.65 bits per heavy atom. The van der Waals surface area contributed by atoms with E-state index in [9.17, 15) is 14.7 Å². The lowest BCUT2D eigenvalue weighted by Gasteiger charge is -2.15. The number of methoxy groups -OCH3 is 1. The average Bonchev–Trinajstić information content (AvgIpc) is 2.56. The summed E-state index contributed by atoms with van der Waals surface area (Å²) in [7, 11) is 1.43. The highest BCUT2D eigenvalue weighted by atomic mass is 16.6. The van der Waals surface area contributed by atoms with Gasteiger partial charge in [-0.1, -0.05) is 19.9 Å². The second-order valence-electron chi connectivity index (χ2n) is 5.10. The van der Waals surface area contributed by atoms with Crippen LogP contribution in [0.3, 0.4) is 0 Å². The minimum Gasteiger partial charge on any atom is -0.504 e. The standard InChI is InChI=1S/C17H24O6/c1-4-8-22-16(19)13(17(20)23-9-5-2)10-12-6-7-14(18)15(11-12)21-3/h6-7,11,13,18H,4-5,8-10H2,1-3H3. The first-order valence-corrected chi connectivity index (χ1v) is 7.72. The molecule has 1 aromatic carbocycles. The zero-order chi connectivity index (χ0) is 17.2. The van der Waals surface area contributed by atoms with Crippen LogP contribution in [0.1, 0.15) is 32.3 Å². The molecule has 6 heteroatoms. The Hall–Kier alpha value is -2.24. The molecule has 0 aliphatic carbocycles. The van der Waals surface area contributed by atoms with Crippen LogP contribution in [0.4, 0.5) is 0 Å². The third-order valence-electron chi connectivity index (χ3n) is 3.15. The first-order valence-electron chi connectivity index (χ1n) is 7.72. The summed E-state index contributed by atoms with van der Waals surface area (Å²) in [5, 5.41) is 9.61. The van der Waals surface area contributed by atoms with E-state index in [1.54, 1.807) is 12.1 Å². The van der Waals surface area contributed by atoms with Gasteiger partial charge in [0.1, 0.15) is 0 Å². The molecule has 0 amide bonds. The number of carbonyl (C=O) groups excluding carboxylic acids is 2. The Morgan fingerprint density at radius 3 is 2.13 bits per heavy atom. The first-order chi connectivity index (χ1) is 11.0. The van der Waals surface area contributed by atoms with E-state index in [0.29, 0.717) is 18.4 Å². The Morgan fingerprint density at radius 1 is 1.09 bits per heavy atom. The molecule has 0 aliphatic heterocycles. The third-order valence-corrected chi connectivity index (χ3v) is 3.15. The van der Waals surface area contributed by atoms with Gasteiger partial charge in [-0.2, -0.15) is 0 Å². The fraction of sp³-hybridized carbons (Fsp3) is 0.529. The van der Waals surface area contributed by atoms with Crippen LogP contribution in [0.2, 0.25) is 0 Å². The molecule has 6 nitrogen and oxygen atoms in total. The van der Waals surface area contributed by atoms with Gasteiger partial charge >= 0.3 is 11.9 Å². The largest absolute Gasteiger partial charge is 0.504 e. The van der Waals surface area contributed by atoms with Crippen molar-refractivity contribution in [3.8, 4) is 11.5 Å². The van der Waals surface area contributed by atoms with Crippen molar-refractivity contribution in [3.05, 3.63) is 23.8 Å². The summed E-state index contributed by atoms with van der Waals surface area (Å²) in [5.74, 6) is -1.94. The van der Waals surface area contributed by atoms with E-state index in [1.165, 1.54) is 13.2 Å². The van der Waals surface area contributed by atoms with Crippen LogP contribution in [0, 0.1) is 5.92 Å². The van der Waals surface area contributed by atoms with Gasteiger partial charge in [-0.25, -0.2) is 0 Å². The number of phenols is 1. The molecule has 0 bridgehead atoms. The predicted octanol–water partition coefficient (Wildman–Crippen LogP) is 2.47. The lowest BCUT2D eigenvalue weighted by atomic mass is 9.99. The molecule has 1 N–H and O–H groups in total. The van der Waals surface area contributed by atoms with Crippen molar-refractivity contribution in [2.75, 3.05) is 20.3 Å². The molecule has 0 saturated heterocycles. The Kier molecular flexibility index (Phi) is 7.94. The van der Waals surface area contributed by atoms with Crippen LogP contribution in [0.5, 0.6) is 11.5 Å². The smallest absolute Gasteiger partial charge is 0.320 e. The van der Waals surface area contributed by atoms with Crippen LogP contribution in [0.15, 0.2) is 18.2 Å². The SMILES string of the molecule is CCCOC(=O)C(Cc1ccc(O)c(OC)c1)C(=O)OCCC. The Balaban J connectivity index is 2.90. The van der Waals surface area contributed by atoms with Crippen LogP contribution in [-0.4, -0.2) is 37.4 Å². The number of carbonyl (C=O) groups is 2. The number of hydrogen-bond acceptors (Lipinski definition) is 6. The van der Waals surface area contributed by atoms with Gasteiger partial charge in [0.15, 0.2) is 17.4 Å². The minimum atomic E-state index is -1.03. The van der Waals surface area contributed by atoms with Gasteiger partial charge in [0.05, 0.1) is 20.3 Å². The lowest BCUT2D eigenvalue weighted by molar-refractivity contribution is -0.162. The molecule has 0 aromatic heterocycles. The van der Waals surface area contributed by atoms with Gasteiger partial charge in [0, 0.05) is 0 Å². The van der Waals surface area contributed by atoms with Gasteiger partial charge in [-0.05, 0) is 37.0 Å². The predicted molar refractivity (Wildman–Crippen MR) is 84.4 cm³/mol. The second-order valence-corrected chi connectivity index (χ2v) is 5.10. The monoisotopic (exact) mass is 324 g/mol. The van der Waals surface area contributed by atoms with E-state index < -0.39 is 17.9 Å². The highest BCUT2D eigenvalue weighted by Gasteiger charge is 2.30. The molecule has 1 rings (SSSR count). The summed E-state index contributed by atoms with van der Waals surface area (Å²) in [4.78, 5) is 24.3.